The van der Waals surface area contributed by atoms with Gasteiger partial charge in [0, 0.05) is 5.39 Å². The first-order valence-electron chi connectivity index (χ1n) is 8.22. The zero-order valence-corrected chi connectivity index (χ0v) is 14.8. The van der Waals surface area contributed by atoms with Gasteiger partial charge in [-0.25, -0.2) is 13.8 Å². The topological polar surface area (TPSA) is 98.6 Å². The molecule has 1 atom stereocenters. The van der Waals surface area contributed by atoms with Gasteiger partial charge in [0.05, 0.1) is 22.8 Å². The second-order valence-corrected chi connectivity index (χ2v) is 6.16. The molecule has 0 unspecified atom stereocenters. The Balaban J connectivity index is 1.96. The number of hydrogen-bond acceptors (Lipinski definition) is 4. The molecule has 10 heteroatoms. The highest BCUT2D eigenvalue weighted by atomic mass is 19.3. The summed E-state index contributed by atoms with van der Waals surface area (Å²) in [7, 11) is 0. The molecule has 2 aromatic heterocycles. The minimum absolute atomic E-state index is 0.0267. The van der Waals surface area contributed by atoms with Crippen LogP contribution in [0.25, 0.3) is 10.9 Å². The number of nitrogens with zero attached hydrogens (tertiary/aromatic N) is 2. The van der Waals surface area contributed by atoms with Crippen molar-refractivity contribution in [3.63, 3.8) is 0 Å². The van der Waals surface area contributed by atoms with Crippen LogP contribution in [0.15, 0.2) is 41.2 Å². The normalized spacial score (nSPS) is 12.4. The molecule has 148 valence electrons. The fourth-order valence-electron chi connectivity index (χ4n) is 2.69. The van der Waals surface area contributed by atoms with Crippen molar-refractivity contribution in [2.45, 2.75) is 18.9 Å². The molecule has 1 aromatic carbocycles. The Morgan fingerprint density at radius 1 is 1.28 bits per heavy atom. The number of alkyl halides is 2. The number of nitrogens with one attached hydrogen (secondary N) is 2. The summed E-state index contributed by atoms with van der Waals surface area (Å²) >= 11 is 0. The van der Waals surface area contributed by atoms with E-state index in [9.17, 15) is 27.2 Å². The molecule has 0 radical (unpaired) electrons. The molecule has 0 aliphatic heterocycles. The summed E-state index contributed by atoms with van der Waals surface area (Å²) in [6, 6.07) is 7.26. The maximum Gasteiger partial charge on any atom is 0.355 e. The largest absolute Gasteiger partial charge is 0.355 e. The predicted molar refractivity (Wildman–Crippen MR) is 93.9 cm³/mol. The Hall–Kier alpha value is -3.74. The van der Waals surface area contributed by atoms with Gasteiger partial charge < -0.3 is 10.3 Å². The lowest BCUT2D eigenvalue weighted by atomic mass is 10.1. The van der Waals surface area contributed by atoms with Gasteiger partial charge in [-0.15, -0.1) is 0 Å². The van der Waals surface area contributed by atoms with Crippen LogP contribution < -0.4 is 10.9 Å². The van der Waals surface area contributed by atoms with Gasteiger partial charge >= 0.3 is 5.92 Å². The maximum atomic E-state index is 14.7. The van der Waals surface area contributed by atoms with Gasteiger partial charge in [-0.1, -0.05) is 6.07 Å². The van der Waals surface area contributed by atoms with Crippen LogP contribution in [0, 0.1) is 23.0 Å². The summed E-state index contributed by atoms with van der Waals surface area (Å²) in [4.78, 5) is 30.1. The van der Waals surface area contributed by atoms with Crippen LogP contribution in [0.5, 0.6) is 0 Å². The number of amides is 1. The molecule has 6 nitrogen and oxygen atoms in total. The average Bonchev–Trinajstić information content (AvgIpc) is 2.70. The van der Waals surface area contributed by atoms with E-state index >= 15 is 0 Å². The fraction of sp³-hybridized carbons (Fsp3) is 0.158. The van der Waals surface area contributed by atoms with Crippen molar-refractivity contribution in [2.24, 2.45) is 0 Å². The molecule has 0 bridgehead atoms. The molecular weight excluding hydrogens is 392 g/mol. The smallest absolute Gasteiger partial charge is 0.342 e. The monoisotopic (exact) mass is 404 g/mol. The van der Waals surface area contributed by atoms with Crippen molar-refractivity contribution in [1.82, 2.24) is 15.3 Å². The Kier molecular flexibility index (Phi) is 5.07. The lowest BCUT2D eigenvalue weighted by Gasteiger charge is -2.20. The van der Waals surface area contributed by atoms with Gasteiger partial charge in [0.25, 0.3) is 11.5 Å². The maximum absolute atomic E-state index is 14.7. The predicted octanol–water partition coefficient (Wildman–Crippen LogP) is 3.04. The number of halogens is 4. The van der Waals surface area contributed by atoms with Gasteiger partial charge in [-0.3, -0.25) is 9.59 Å². The molecule has 0 saturated carbocycles. The molecule has 0 aliphatic rings. The van der Waals surface area contributed by atoms with E-state index in [0.717, 1.165) is 12.1 Å². The fourth-order valence-corrected chi connectivity index (χ4v) is 2.69. The van der Waals surface area contributed by atoms with Gasteiger partial charge in [-0.05, 0) is 37.3 Å². The van der Waals surface area contributed by atoms with Crippen molar-refractivity contribution >= 4 is 16.8 Å². The van der Waals surface area contributed by atoms with Crippen LogP contribution >= 0.6 is 0 Å². The van der Waals surface area contributed by atoms with Crippen molar-refractivity contribution in [2.75, 3.05) is 0 Å². The highest BCUT2D eigenvalue weighted by Gasteiger charge is 2.44. The van der Waals surface area contributed by atoms with E-state index in [-0.39, 0.29) is 16.9 Å². The first kappa shape index (κ1) is 20.0. The molecule has 3 aromatic rings. The Labute approximate surface area is 160 Å². The van der Waals surface area contributed by atoms with Crippen LogP contribution in [-0.2, 0) is 10.7 Å². The number of H-pyrrole nitrogens is 1. The first-order valence-corrected chi connectivity index (χ1v) is 8.22. The molecule has 0 aliphatic carbocycles. The molecule has 0 spiro atoms. The Morgan fingerprint density at radius 3 is 2.69 bits per heavy atom. The second kappa shape index (κ2) is 7.35. The van der Waals surface area contributed by atoms with Crippen LogP contribution in [0.1, 0.15) is 29.9 Å². The lowest BCUT2D eigenvalue weighted by molar-refractivity contribution is -0.148. The Bertz CT molecular complexity index is 1220. The average molecular weight is 404 g/mol. The molecule has 29 heavy (non-hydrogen) atoms. The highest BCUT2D eigenvalue weighted by Crippen LogP contribution is 2.29. The van der Waals surface area contributed by atoms with E-state index in [1.165, 1.54) is 25.1 Å². The molecule has 2 N–H and O–H groups in total. The number of pyridine rings is 2. The number of carbonyl (C=O) groups excluding carboxylic acids is 1. The lowest BCUT2D eigenvalue weighted by Crippen LogP contribution is -2.42. The number of aromatic amines is 1. The van der Waals surface area contributed by atoms with Crippen molar-refractivity contribution < 1.29 is 22.4 Å². The van der Waals surface area contributed by atoms with Gasteiger partial charge in [-0.2, -0.15) is 14.0 Å². The zero-order chi connectivity index (χ0) is 21.3. The van der Waals surface area contributed by atoms with E-state index in [1.54, 1.807) is 6.07 Å². The minimum Gasteiger partial charge on any atom is -0.342 e. The third-order valence-corrected chi connectivity index (χ3v) is 4.21. The summed E-state index contributed by atoms with van der Waals surface area (Å²) in [5.74, 6) is -8.90. The summed E-state index contributed by atoms with van der Waals surface area (Å²) in [5.41, 5.74) is -2.67. The molecule has 0 fully saturated rings. The second-order valence-electron chi connectivity index (χ2n) is 6.16. The van der Waals surface area contributed by atoms with E-state index < -0.39 is 46.0 Å². The van der Waals surface area contributed by atoms with Gasteiger partial charge in [0.15, 0.2) is 11.6 Å². The molecule has 3 rings (SSSR count). The number of benzene rings is 1. The number of aromatic nitrogens is 2. The number of rotatable bonds is 4. The number of hydrogen-bond donors (Lipinski definition) is 2. The Morgan fingerprint density at radius 2 is 2.00 bits per heavy atom. The summed E-state index contributed by atoms with van der Waals surface area (Å²) in [5, 5.41) is 10.3. The third kappa shape index (κ3) is 3.67. The summed E-state index contributed by atoms with van der Waals surface area (Å²) in [6.45, 7) is 1.36. The molecule has 1 amide bonds. The first-order chi connectivity index (χ1) is 13.6. The van der Waals surface area contributed by atoms with Crippen LogP contribution in [0.3, 0.4) is 0 Å². The minimum atomic E-state index is -4.35. The van der Waals surface area contributed by atoms with Gasteiger partial charge in [0.1, 0.15) is 11.8 Å². The van der Waals surface area contributed by atoms with Crippen molar-refractivity contribution in [3.8, 4) is 6.07 Å². The van der Waals surface area contributed by atoms with E-state index in [2.05, 4.69) is 4.98 Å². The van der Waals surface area contributed by atoms with Gasteiger partial charge in [0.2, 0.25) is 0 Å². The van der Waals surface area contributed by atoms with E-state index in [1.807, 2.05) is 10.3 Å². The quantitative estimate of drug-likeness (QED) is 0.653. The summed E-state index contributed by atoms with van der Waals surface area (Å²) < 4.78 is 56.7. The SMILES string of the molecule is C[C@H](NC(=O)C(F)(F)c1cc2c(F)c(F)ccc2[nH]c1=O)c1cccc(C#N)n1. The van der Waals surface area contributed by atoms with Crippen molar-refractivity contribution in [3.05, 3.63) is 75.3 Å². The summed E-state index contributed by atoms with van der Waals surface area (Å²) in [6.07, 6.45) is 0. The highest BCUT2D eigenvalue weighted by molar-refractivity contribution is 5.87. The van der Waals surface area contributed by atoms with Crippen LogP contribution in [0.2, 0.25) is 0 Å². The third-order valence-electron chi connectivity index (χ3n) is 4.21. The molecule has 2 heterocycles. The number of fused-ring (bicyclic) bond motifs is 1. The zero-order valence-electron chi connectivity index (χ0n) is 14.8. The molecular formula is C19H12F4N4O2. The number of nitriles is 1. The van der Waals surface area contributed by atoms with Crippen LogP contribution in [0.4, 0.5) is 17.6 Å². The van der Waals surface area contributed by atoms with E-state index in [4.69, 9.17) is 5.26 Å². The van der Waals surface area contributed by atoms with E-state index in [0.29, 0.717) is 6.07 Å². The molecule has 0 saturated heterocycles. The van der Waals surface area contributed by atoms with Crippen LogP contribution in [-0.4, -0.2) is 15.9 Å². The standard InChI is InChI=1S/C19H12F4N4O2/c1-9(14-4-2-3-10(8-24)26-14)25-18(29)19(22,23)12-7-11-15(27-17(12)28)6-5-13(20)16(11)21/h2-7,9H,1H3,(H,25,29)(H,27,28)/t9-/m0/s1. The van der Waals surface area contributed by atoms with Crippen molar-refractivity contribution in [1.29, 1.82) is 5.26 Å². The number of carbonyl (C=O) groups is 1.